The van der Waals surface area contributed by atoms with E-state index in [1.165, 1.54) is 0 Å². The van der Waals surface area contributed by atoms with Gasteiger partial charge in [-0.25, -0.2) is 4.39 Å². The SMILES string of the molecule is CC(C)(C)[Si](C)(C)OCCC[C@H](F)Cc1ccccc1. The molecule has 1 atom stereocenters. The highest BCUT2D eigenvalue weighted by atomic mass is 28.4. The number of hydrogen-bond acceptors (Lipinski definition) is 1. The third-order valence-corrected chi connectivity index (χ3v) is 8.77. The number of alkyl halides is 1. The molecule has 114 valence electrons. The van der Waals surface area contributed by atoms with Crippen LogP contribution >= 0.6 is 0 Å². The molecule has 0 spiro atoms. The van der Waals surface area contributed by atoms with E-state index < -0.39 is 14.5 Å². The van der Waals surface area contributed by atoms with Gasteiger partial charge in [0.25, 0.3) is 0 Å². The van der Waals surface area contributed by atoms with E-state index >= 15 is 0 Å². The lowest BCUT2D eigenvalue weighted by molar-refractivity contribution is 0.243. The molecule has 0 aromatic heterocycles. The zero-order chi connectivity index (χ0) is 15.2. The van der Waals surface area contributed by atoms with Crippen LogP contribution < -0.4 is 0 Å². The summed E-state index contributed by atoms with van der Waals surface area (Å²) in [6.07, 6.45) is 1.14. The van der Waals surface area contributed by atoms with Gasteiger partial charge < -0.3 is 4.43 Å². The second-order valence-electron chi connectivity index (χ2n) is 7.04. The molecule has 1 aromatic carbocycles. The van der Waals surface area contributed by atoms with Crippen LogP contribution in [-0.4, -0.2) is 21.1 Å². The highest BCUT2D eigenvalue weighted by Crippen LogP contribution is 2.36. The van der Waals surface area contributed by atoms with Crippen molar-refractivity contribution in [3.05, 3.63) is 35.9 Å². The average molecular weight is 297 g/mol. The molecule has 0 saturated heterocycles. The van der Waals surface area contributed by atoms with Gasteiger partial charge in [0.15, 0.2) is 8.32 Å². The Labute approximate surface area is 124 Å². The maximum atomic E-state index is 13.9. The lowest BCUT2D eigenvalue weighted by atomic mass is 10.1. The third-order valence-electron chi connectivity index (χ3n) is 4.23. The van der Waals surface area contributed by atoms with Gasteiger partial charge in [0.2, 0.25) is 0 Å². The molecule has 0 aliphatic heterocycles. The van der Waals surface area contributed by atoms with E-state index in [0.717, 1.165) is 12.0 Å². The summed E-state index contributed by atoms with van der Waals surface area (Å²) < 4.78 is 20.0. The summed E-state index contributed by atoms with van der Waals surface area (Å²) in [6.45, 7) is 11.9. The van der Waals surface area contributed by atoms with Crippen LogP contribution in [0.15, 0.2) is 30.3 Å². The summed E-state index contributed by atoms with van der Waals surface area (Å²) in [7, 11) is -1.67. The zero-order valence-electron chi connectivity index (χ0n) is 13.6. The van der Waals surface area contributed by atoms with E-state index in [1.54, 1.807) is 0 Å². The zero-order valence-corrected chi connectivity index (χ0v) is 14.6. The van der Waals surface area contributed by atoms with Crippen LogP contribution in [0, 0.1) is 0 Å². The van der Waals surface area contributed by atoms with Crippen molar-refractivity contribution >= 4 is 8.32 Å². The highest BCUT2D eigenvalue weighted by Gasteiger charge is 2.36. The van der Waals surface area contributed by atoms with E-state index in [0.29, 0.717) is 19.4 Å². The standard InChI is InChI=1S/C17H29FOSi/c1-17(2,3)20(4,5)19-13-9-12-16(18)14-15-10-7-6-8-11-15/h6-8,10-11,16H,9,12-14H2,1-5H3/t16-/m0/s1. The van der Waals surface area contributed by atoms with E-state index in [-0.39, 0.29) is 5.04 Å². The quantitative estimate of drug-likeness (QED) is 0.485. The molecule has 0 saturated carbocycles. The van der Waals surface area contributed by atoms with Crippen LogP contribution in [0.3, 0.4) is 0 Å². The van der Waals surface area contributed by atoms with Crippen molar-refractivity contribution in [1.29, 1.82) is 0 Å². The van der Waals surface area contributed by atoms with Gasteiger partial charge in [-0.15, -0.1) is 0 Å². The molecule has 0 aliphatic carbocycles. The lowest BCUT2D eigenvalue weighted by Gasteiger charge is -2.36. The minimum Gasteiger partial charge on any atom is -0.417 e. The van der Waals surface area contributed by atoms with Crippen molar-refractivity contribution in [2.75, 3.05) is 6.61 Å². The Morgan fingerprint density at radius 2 is 1.75 bits per heavy atom. The molecule has 0 N–H and O–H groups in total. The molecule has 0 aliphatic rings. The number of halogens is 1. The van der Waals surface area contributed by atoms with Gasteiger partial charge in [-0.2, -0.15) is 0 Å². The second kappa shape index (κ2) is 7.37. The van der Waals surface area contributed by atoms with Crippen LogP contribution in [0.2, 0.25) is 18.1 Å². The van der Waals surface area contributed by atoms with Gasteiger partial charge in [0, 0.05) is 13.0 Å². The minimum atomic E-state index is -1.67. The highest BCUT2D eigenvalue weighted by molar-refractivity contribution is 6.74. The first-order valence-electron chi connectivity index (χ1n) is 7.54. The minimum absolute atomic E-state index is 0.228. The van der Waals surface area contributed by atoms with Crippen molar-refractivity contribution in [2.24, 2.45) is 0 Å². The molecule has 0 fully saturated rings. The molecule has 1 nitrogen and oxygen atoms in total. The largest absolute Gasteiger partial charge is 0.417 e. The molecule has 20 heavy (non-hydrogen) atoms. The molecule has 3 heteroatoms. The van der Waals surface area contributed by atoms with Crippen LogP contribution in [-0.2, 0) is 10.8 Å². The monoisotopic (exact) mass is 296 g/mol. The summed E-state index contributed by atoms with van der Waals surface area (Å²) in [5, 5.41) is 0.228. The van der Waals surface area contributed by atoms with Gasteiger partial charge in [-0.05, 0) is 36.5 Å². The van der Waals surface area contributed by atoms with Gasteiger partial charge in [-0.1, -0.05) is 51.1 Å². The first-order chi connectivity index (χ1) is 9.22. The molecule has 0 bridgehead atoms. The van der Waals surface area contributed by atoms with Crippen LogP contribution in [0.5, 0.6) is 0 Å². The van der Waals surface area contributed by atoms with Gasteiger partial charge >= 0.3 is 0 Å². The predicted octanol–water partition coefficient (Wildman–Crippen LogP) is 5.37. The molecular weight excluding hydrogens is 267 g/mol. The molecule has 0 unspecified atom stereocenters. The van der Waals surface area contributed by atoms with Crippen molar-refractivity contribution < 1.29 is 8.82 Å². The Kier molecular flexibility index (Phi) is 6.40. The van der Waals surface area contributed by atoms with E-state index in [1.807, 2.05) is 30.3 Å². The van der Waals surface area contributed by atoms with E-state index in [2.05, 4.69) is 33.9 Å². The maximum absolute atomic E-state index is 13.9. The summed E-state index contributed by atoms with van der Waals surface area (Å²) in [6, 6.07) is 9.85. The predicted molar refractivity (Wildman–Crippen MR) is 87.4 cm³/mol. The number of benzene rings is 1. The summed E-state index contributed by atoms with van der Waals surface area (Å²) >= 11 is 0. The smallest absolute Gasteiger partial charge is 0.191 e. The van der Waals surface area contributed by atoms with Crippen LogP contribution in [0.25, 0.3) is 0 Å². The fourth-order valence-corrected chi connectivity index (χ4v) is 2.91. The second-order valence-corrected chi connectivity index (χ2v) is 11.8. The van der Waals surface area contributed by atoms with E-state index in [4.69, 9.17) is 4.43 Å². The molecule has 0 amide bonds. The molecular formula is C17H29FOSi. The third kappa shape index (κ3) is 5.76. The number of rotatable bonds is 7. The Balaban J connectivity index is 2.24. The maximum Gasteiger partial charge on any atom is 0.191 e. The Hall–Kier alpha value is -0.673. The molecule has 1 rings (SSSR count). The summed E-state index contributed by atoms with van der Waals surface area (Å²) in [5.41, 5.74) is 1.07. The molecule has 1 aromatic rings. The topological polar surface area (TPSA) is 9.23 Å². The lowest BCUT2D eigenvalue weighted by Crippen LogP contribution is -2.41. The first kappa shape index (κ1) is 17.4. The van der Waals surface area contributed by atoms with Crippen LogP contribution in [0.4, 0.5) is 4.39 Å². The van der Waals surface area contributed by atoms with Gasteiger partial charge in [0.1, 0.15) is 6.17 Å². The Morgan fingerprint density at radius 3 is 2.30 bits per heavy atom. The van der Waals surface area contributed by atoms with Crippen molar-refractivity contribution in [1.82, 2.24) is 0 Å². The van der Waals surface area contributed by atoms with Gasteiger partial charge in [-0.3, -0.25) is 0 Å². The molecule has 0 heterocycles. The van der Waals surface area contributed by atoms with Gasteiger partial charge in [0.05, 0.1) is 0 Å². The fraction of sp³-hybridized carbons (Fsp3) is 0.647. The van der Waals surface area contributed by atoms with Crippen molar-refractivity contribution in [3.8, 4) is 0 Å². The Bertz CT molecular complexity index is 384. The molecule has 0 radical (unpaired) electrons. The van der Waals surface area contributed by atoms with E-state index in [9.17, 15) is 4.39 Å². The normalized spacial score (nSPS) is 14.3. The number of hydrogen-bond donors (Lipinski definition) is 0. The summed E-state index contributed by atoms with van der Waals surface area (Å²) in [4.78, 5) is 0. The first-order valence-corrected chi connectivity index (χ1v) is 10.4. The van der Waals surface area contributed by atoms with Crippen molar-refractivity contribution in [3.63, 3.8) is 0 Å². The summed E-state index contributed by atoms with van der Waals surface area (Å²) in [5.74, 6) is 0. The fourth-order valence-electron chi connectivity index (χ4n) is 1.82. The average Bonchev–Trinajstić information content (AvgIpc) is 2.34. The van der Waals surface area contributed by atoms with Crippen molar-refractivity contribution in [2.45, 2.75) is 64.3 Å². The van der Waals surface area contributed by atoms with Crippen LogP contribution in [0.1, 0.15) is 39.2 Å². The Morgan fingerprint density at radius 1 is 1.15 bits per heavy atom.